The number of para-hydroxylation sites is 1. The van der Waals surface area contributed by atoms with Gasteiger partial charge in [-0.2, -0.15) is 0 Å². The lowest BCUT2D eigenvalue weighted by Crippen LogP contribution is -2.41. The van der Waals surface area contributed by atoms with Crippen molar-refractivity contribution < 1.29 is 24.2 Å². The van der Waals surface area contributed by atoms with Gasteiger partial charge in [0.05, 0.1) is 37.6 Å². The Labute approximate surface area is 176 Å². The Morgan fingerprint density at radius 3 is 2.48 bits per heavy atom. The smallest absolute Gasteiger partial charge is 0.329 e. The number of carbonyl (C=O) groups excluding carboxylic acids is 1. The van der Waals surface area contributed by atoms with Crippen LogP contribution in [0.5, 0.6) is 11.5 Å². The van der Waals surface area contributed by atoms with Crippen molar-refractivity contribution in [2.45, 2.75) is 19.0 Å². The van der Waals surface area contributed by atoms with E-state index in [0.29, 0.717) is 22.6 Å². The number of H-pyrrole nitrogens is 1. The Balaban J connectivity index is 1.89. The Hall–Kier alpha value is -4.08. The van der Waals surface area contributed by atoms with Crippen LogP contribution >= 0.6 is 0 Å². The molecule has 1 amide bonds. The number of aromatic amines is 1. The average Bonchev–Trinajstić information content (AvgIpc) is 2.75. The number of nitrogens with one attached hydrogen (secondary N) is 2. The van der Waals surface area contributed by atoms with Crippen molar-refractivity contribution in [1.82, 2.24) is 14.9 Å². The zero-order valence-corrected chi connectivity index (χ0v) is 16.9. The first kappa shape index (κ1) is 21.6. The van der Waals surface area contributed by atoms with E-state index in [2.05, 4.69) is 10.3 Å². The number of fused-ring (bicyclic) bond motifs is 1. The summed E-state index contributed by atoms with van der Waals surface area (Å²) in [6, 6.07) is 10.3. The molecule has 0 spiro atoms. The number of aromatic nitrogens is 2. The van der Waals surface area contributed by atoms with Gasteiger partial charge in [0.25, 0.3) is 5.56 Å². The van der Waals surface area contributed by atoms with Gasteiger partial charge >= 0.3 is 11.7 Å². The lowest BCUT2D eigenvalue weighted by Gasteiger charge is -2.19. The predicted molar refractivity (Wildman–Crippen MR) is 112 cm³/mol. The van der Waals surface area contributed by atoms with Crippen LogP contribution in [0.4, 0.5) is 0 Å². The molecular weight excluding hydrogens is 406 g/mol. The largest absolute Gasteiger partial charge is 0.493 e. The molecule has 0 saturated carbocycles. The normalized spacial score (nSPS) is 11.7. The van der Waals surface area contributed by atoms with E-state index in [1.54, 1.807) is 42.5 Å². The highest BCUT2D eigenvalue weighted by Crippen LogP contribution is 2.31. The summed E-state index contributed by atoms with van der Waals surface area (Å²) < 4.78 is 11.2. The molecule has 0 saturated heterocycles. The predicted octanol–water partition coefficient (Wildman–Crippen LogP) is 1.04. The molecule has 1 aromatic heterocycles. The maximum Gasteiger partial charge on any atom is 0.329 e. The van der Waals surface area contributed by atoms with Gasteiger partial charge in [0.1, 0.15) is 6.54 Å². The van der Waals surface area contributed by atoms with Gasteiger partial charge in [-0.05, 0) is 29.8 Å². The molecule has 3 aromatic rings. The minimum Gasteiger partial charge on any atom is -0.493 e. The van der Waals surface area contributed by atoms with E-state index in [-0.39, 0.29) is 5.39 Å². The number of hydrogen-bond acceptors (Lipinski definition) is 6. The molecule has 162 valence electrons. The number of carboxylic acid groups (broad SMARTS) is 1. The standard InChI is InChI=1S/C21H21N3O7/c1-30-16-8-7-12(9-17(16)31-2)15(10-19(26)27)22-18(25)11-24-20(28)13-5-3-4-6-14(13)23-21(24)29/h3-9,15H,10-11H2,1-2H3,(H,22,25)(H,23,29)(H,26,27)/t15-/m1/s1. The van der Waals surface area contributed by atoms with Crippen LogP contribution in [-0.4, -0.2) is 40.8 Å². The van der Waals surface area contributed by atoms with Gasteiger partial charge in [-0.15, -0.1) is 0 Å². The molecule has 31 heavy (non-hydrogen) atoms. The molecule has 0 aliphatic rings. The van der Waals surface area contributed by atoms with Crippen molar-refractivity contribution in [3.05, 3.63) is 68.9 Å². The number of hydrogen-bond donors (Lipinski definition) is 3. The summed E-state index contributed by atoms with van der Waals surface area (Å²) in [7, 11) is 2.90. The highest BCUT2D eigenvalue weighted by Gasteiger charge is 2.21. The summed E-state index contributed by atoms with van der Waals surface area (Å²) >= 11 is 0. The molecule has 3 N–H and O–H groups in total. The number of methoxy groups -OCH3 is 2. The maximum absolute atomic E-state index is 12.6. The summed E-state index contributed by atoms with van der Waals surface area (Å²) in [5, 5.41) is 12.1. The summed E-state index contributed by atoms with van der Waals surface area (Å²) in [4.78, 5) is 51.4. The third-order valence-electron chi connectivity index (χ3n) is 4.72. The van der Waals surface area contributed by atoms with Crippen LogP contribution in [0.3, 0.4) is 0 Å². The summed E-state index contributed by atoms with van der Waals surface area (Å²) in [5.74, 6) is -1.02. The molecule has 1 atom stereocenters. The number of ether oxygens (including phenoxy) is 2. The van der Waals surface area contributed by atoms with Gasteiger partial charge < -0.3 is 24.9 Å². The number of carbonyl (C=O) groups is 2. The van der Waals surface area contributed by atoms with Crippen molar-refractivity contribution in [3.63, 3.8) is 0 Å². The van der Waals surface area contributed by atoms with E-state index < -0.39 is 42.1 Å². The fourth-order valence-electron chi connectivity index (χ4n) is 3.22. The average molecular weight is 427 g/mol. The Bertz CT molecular complexity index is 1250. The van der Waals surface area contributed by atoms with E-state index in [9.17, 15) is 24.3 Å². The van der Waals surface area contributed by atoms with Gasteiger partial charge in [0.15, 0.2) is 11.5 Å². The monoisotopic (exact) mass is 427 g/mol. The van der Waals surface area contributed by atoms with Crippen LogP contribution in [0.25, 0.3) is 10.9 Å². The topological polar surface area (TPSA) is 140 Å². The number of aliphatic carboxylic acids is 1. The number of amides is 1. The second-order valence-corrected chi connectivity index (χ2v) is 6.70. The van der Waals surface area contributed by atoms with Crippen molar-refractivity contribution >= 4 is 22.8 Å². The highest BCUT2D eigenvalue weighted by atomic mass is 16.5. The van der Waals surface area contributed by atoms with Gasteiger partial charge in [-0.3, -0.25) is 19.0 Å². The Morgan fingerprint density at radius 1 is 1.10 bits per heavy atom. The third kappa shape index (κ3) is 4.74. The van der Waals surface area contributed by atoms with Crippen LogP contribution in [-0.2, 0) is 16.1 Å². The number of carboxylic acids is 1. The summed E-state index contributed by atoms with van der Waals surface area (Å²) in [6.45, 7) is -0.567. The zero-order valence-electron chi connectivity index (χ0n) is 16.9. The van der Waals surface area contributed by atoms with Crippen LogP contribution in [0.15, 0.2) is 52.1 Å². The Kier molecular flexibility index (Phi) is 6.39. The molecule has 0 fully saturated rings. The quantitative estimate of drug-likeness (QED) is 0.488. The van der Waals surface area contributed by atoms with Crippen molar-refractivity contribution in [3.8, 4) is 11.5 Å². The molecule has 3 rings (SSSR count). The van der Waals surface area contributed by atoms with Crippen molar-refractivity contribution in [1.29, 1.82) is 0 Å². The molecule has 0 unspecified atom stereocenters. The molecule has 2 aromatic carbocycles. The van der Waals surface area contributed by atoms with Gasteiger partial charge in [-0.1, -0.05) is 18.2 Å². The van der Waals surface area contributed by atoms with Gasteiger partial charge in [-0.25, -0.2) is 4.79 Å². The van der Waals surface area contributed by atoms with Crippen LogP contribution in [0.1, 0.15) is 18.0 Å². The van der Waals surface area contributed by atoms with Crippen molar-refractivity contribution in [2.24, 2.45) is 0 Å². The molecule has 0 bridgehead atoms. The fraction of sp³-hybridized carbons (Fsp3) is 0.238. The molecule has 0 radical (unpaired) electrons. The highest BCUT2D eigenvalue weighted by molar-refractivity contribution is 5.79. The fourth-order valence-corrected chi connectivity index (χ4v) is 3.22. The Morgan fingerprint density at radius 2 is 1.81 bits per heavy atom. The minimum absolute atomic E-state index is 0.261. The van der Waals surface area contributed by atoms with Crippen LogP contribution < -0.4 is 26.0 Å². The van der Waals surface area contributed by atoms with E-state index in [1.807, 2.05) is 0 Å². The first-order valence-corrected chi connectivity index (χ1v) is 9.29. The van der Waals surface area contributed by atoms with Gasteiger partial charge in [0, 0.05) is 0 Å². The molecular formula is C21H21N3O7. The van der Waals surface area contributed by atoms with E-state index in [0.717, 1.165) is 4.57 Å². The van der Waals surface area contributed by atoms with Crippen LogP contribution in [0.2, 0.25) is 0 Å². The summed E-state index contributed by atoms with van der Waals surface area (Å²) in [6.07, 6.45) is -0.413. The lowest BCUT2D eigenvalue weighted by molar-refractivity contribution is -0.137. The van der Waals surface area contributed by atoms with Crippen molar-refractivity contribution in [2.75, 3.05) is 14.2 Å². The summed E-state index contributed by atoms with van der Waals surface area (Å²) in [5.41, 5.74) is -0.522. The first-order valence-electron chi connectivity index (χ1n) is 9.29. The van der Waals surface area contributed by atoms with Crippen LogP contribution in [0, 0.1) is 0 Å². The van der Waals surface area contributed by atoms with E-state index in [4.69, 9.17) is 9.47 Å². The molecule has 1 heterocycles. The van der Waals surface area contributed by atoms with E-state index >= 15 is 0 Å². The molecule has 10 nitrogen and oxygen atoms in total. The maximum atomic E-state index is 12.6. The minimum atomic E-state index is -1.14. The zero-order chi connectivity index (χ0) is 22.5. The second kappa shape index (κ2) is 9.16. The molecule has 10 heteroatoms. The first-order chi connectivity index (χ1) is 14.8. The number of nitrogens with zero attached hydrogens (tertiary/aromatic N) is 1. The lowest BCUT2D eigenvalue weighted by atomic mass is 10.0. The second-order valence-electron chi connectivity index (χ2n) is 6.70. The molecule has 0 aliphatic heterocycles. The number of benzene rings is 2. The van der Waals surface area contributed by atoms with E-state index in [1.165, 1.54) is 14.2 Å². The third-order valence-corrected chi connectivity index (χ3v) is 4.72. The SMILES string of the molecule is COc1ccc([C@@H](CC(=O)O)NC(=O)Cn2c(=O)[nH]c3ccccc3c2=O)cc1OC. The number of rotatable bonds is 8. The van der Waals surface area contributed by atoms with Gasteiger partial charge in [0.2, 0.25) is 5.91 Å². The molecule has 0 aliphatic carbocycles.